The van der Waals surface area contributed by atoms with Crippen LogP contribution in [-0.2, 0) is 0 Å². The molecule has 3 aromatic rings. The van der Waals surface area contributed by atoms with Crippen molar-refractivity contribution in [3.05, 3.63) is 77.1 Å². The Balaban J connectivity index is 1.69. The molecule has 1 aromatic heterocycles. The van der Waals surface area contributed by atoms with E-state index in [9.17, 15) is 4.79 Å². The zero-order chi connectivity index (χ0) is 21.0. The lowest BCUT2D eigenvalue weighted by atomic mass is 10.1. The zero-order valence-electron chi connectivity index (χ0n) is 17.6. The molecule has 0 saturated heterocycles. The third-order valence-electron chi connectivity index (χ3n) is 4.94. The Hall–Kier alpha value is -3.12. The van der Waals surface area contributed by atoms with E-state index in [1.54, 1.807) is 7.11 Å². The summed E-state index contributed by atoms with van der Waals surface area (Å²) in [5.41, 5.74) is 4.69. The molecular weight excluding hydrogens is 364 g/mol. The number of nitrogens with one attached hydrogen (secondary N) is 1. The van der Waals surface area contributed by atoms with Crippen LogP contribution in [0.25, 0.3) is 5.69 Å². The van der Waals surface area contributed by atoms with Gasteiger partial charge in [0.25, 0.3) is 5.91 Å². The first-order chi connectivity index (χ1) is 13.9. The van der Waals surface area contributed by atoms with Crippen LogP contribution < -0.4 is 10.1 Å². The Bertz CT molecular complexity index is 977. The van der Waals surface area contributed by atoms with Gasteiger partial charge >= 0.3 is 0 Å². The second-order valence-electron chi connectivity index (χ2n) is 7.35. The fourth-order valence-corrected chi connectivity index (χ4v) is 3.38. The van der Waals surface area contributed by atoms with Crippen LogP contribution in [0.15, 0.2) is 54.6 Å². The van der Waals surface area contributed by atoms with Gasteiger partial charge in [-0.2, -0.15) is 5.10 Å². The number of nitrogens with zero attached hydrogens (tertiary/aromatic N) is 3. The molecule has 1 unspecified atom stereocenters. The lowest BCUT2D eigenvalue weighted by Crippen LogP contribution is -2.34. The van der Waals surface area contributed by atoms with E-state index in [0.717, 1.165) is 28.4 Å². The number of benzene rings is 2. The maximum atomic E-state index is 12.7. The molecule has 6 heteroatoms. The molecule has 2 aromatic carbocycles. The normalized spacial score (nSPS) is 12.1. The zero-order valence-corrected chi connectivity index (χ0v) is 17.6. The Morgan fingerprint density at radius 2 is 1.86 bits per heavy atom. The quantitative estimate of drug-likeness (QED) is 0.668. The van der Waals surface area contributed by atoms with Crippen molar-refractivity contribution in [2.45, 2.75) is 19.9 Å². The summed E-state index contributed by atoms with van der Waals surface area (Å²) < 4.78 is 7.20. The number of rotatable bonds is 7. The highest BCUT2D eigenvalue weighted by Crippen LogP contribution is 2.22. The lowest BCUT2D eigenvalue weighted by Gasteiger charge is -2.25. The number of likely N-dealkylation sites (N-methyl/N-ethyl adjacent to an activating group) is 1. The van der Waals surface area contributed by atoms with Crippen LogP contribution in [0.4, 0.5) is 0 Å². The molecule has 0 radical (unpaired) electrons. The standard InChI is InChI=1S/C23H28N4O2/c1-16-13-17(2)27(25-16)20-11-9-18(10-12-20)23(28)24-15-22(26(3)4)19-7-6-8-21(14-19)29-5/h6-14,22H,15H2,1-5H3,(H,24,28). The number of hydrogen-bond donors (Lipinski definition) is 1. The minimum absolute atomic E-state index is 0.0445. The van der Waals surface area contributed by atoms with Crippen LogP contribution in [0.3, 0.4) is 0 Å². The van der Waals surface area contributed by atoms with Gasteiger partial charge in [-0.05, 0) is 76.0 Å². The van der Waals surface area contributed by atoms with Crippen LogP contribution in [0.1, 0.15) is 33.4 Å². The molecule has 0 aliphatic rings. The van der Waals surface area contributed by atoms with Gasteiger partial charge in [-0.1, -0.05) is 12.1 Å². The van der Waals surface area contributed by atoms with Crippen molar-refractivity contribution in [1.29, 1.82) is 0 Å². The maximum Gasteiger partial charge on any atom is 0.251 e. The van der Waals surface area contributed by atoms with Gasteiger partial charge in [-0.25, -0.2) is 4.68 Å². The summed E-state index contributed by atoms with van der Waals surface area (Å²) in [4.78, 5) is 14.8. The van der Waals surface area contributed by atoms with Crippen LogP contribution in [0, 0.1) is 13.8 Å². The predicted molar refractivity (Wildman–Crippen MR) is 115 cm³/mol. The molecule has 0 saturated carbocycles. The molecule has 1 heterocycles. The van der Waals surface area contributed by atoms with Crippen molar-refractivity contribution in [3.63, 3.8) is 0 Å². The molecule has 1 atom stereocenters. The Morgan fingerprint density at radius 1 is 1.14 bits per heavy atom. The molecule has 0 aliphatic carbocycles. The summed E-state index contributed by atoms with van der Waals surface area (Å²) in [6, 6.07) is 17.5. The van der Waals surface area contributed by atoms with Gasteiger partial charge in [0.15, 0.2) is 0 Å². The second kappa shape index (κ2) is 8.92. The molecule has 1 amide bonds. The molecular formula is C23H28N4O2. The van der Waals surface area contributed by atoms with Crippen LogP contribution in [0.5, 0.6) is 5.75 Å². The Labute approximate surface area is 172 Å². The largest absolute Gasteiger partial charge is 0.497 e. The number of ether oxygens (including phenoxy) is 1. The second-order valence-corrected chi connectivity index (χ2v) is 7.35. The molecule has 0 fully saturated rings. The monoisotopic (exact) mass is 392 g/mol. The van der Waals surface area contributed by atoms with Crippen molar-refractivity contribution in [2.75, 3.05) is 27.7 Å². The smallest absolute Gasteiger partial charge is 0.251 e. The fourth-order valence-electron chi connectivity index (χ4n) is 3.38. The Morgan fingerprint density at radius 3 is 2.45 bits per heavy atom. The third-order valence-corrected chi connectivity index (χ3v) is 4.94. The molecule has 3 rings (SSSR count). The van der Waals surface area contributed by atoms with E-state index in [1.807, 2.05) is 87.2 Å². The predicted octanol–water partition coefficient (Wildman–Crippen LogP) is 3.53. The summed E-state index contributed by atoms with van der Waals surface area (Å²) >= 11 is 0. The molecule has 29 heavy (non-hydrogen) atoms. The van der Waals surface area contributed by atoms with Crippen molar-refractivity contribution in [2.24, 2.45) is 0 Å². The first-order valence-electron chi connectivity index (χ1n) is 9.61. The lowest BCUT2D eigenvalue weighted by molar-refractivity contribution is 0.0942. The SMILES string of the molecule is COc1cccc(C(CNC(=O)c2ccc(-n3nc(C)cc3C)cc2)N(C)C)c1. The van der Waals surface area contributed by atoms with Crippen molar-refractivity contribution in [3.8, 4) is 11.4 Å². The summed E-state index contributed by atoms with van der Waals surface area (Å²) in [7, 11) is 5.65. The number of aromatic nitrogens is 2. The number of amides is 1. The minimum atomic E-state index is -0.0975. The van der Waals surface area contributed by atoms with E-state index in [0.29, 0.717) is 12.1 Å². The number of carbonyl (C=O) groups excluding carboxylic acids is 1. The molecule has 0 aliphatic heterocycles. The molecule has 0 bridgehead atoms. The third kappa shape index (κ3) is 4.84. The van der Waals surface area contributed by atoms with Crippen LogP contribution in [0.2, 0.25) is 0 Å². The Kier molecular flexibility index (Phi) is 6.34. The summed E-state index contributed by atoms with van der Waals surface area (Å²) in [6.45, 7) is 4.48. The van der Waals surface area contributed by atoms with Gasteiger partial charge in [-0.3, -0.25) is 4.79 Å². The van der Waals surface area contributed by atoms with Crippen molar-refractivity contribution in [1.82, 2.24) is 20.0 Å². The van der Waals surface area contributed by atoms with Gasteiger partial charge in [0.1, 0.15) is 5.75 Å². The van der Waals surface area contributed by atoms with Gasteiger partial charge < -0.3 is 15.0 Å². The molecule has 1 N–H and O–H groups in total. The molecule has 152 valence electrons. The molecule has 6 nitrogen and oxygen atoms in total. The van der Waals surface area contributed by atoms with E-state index >= 15 is 0 Å². The number of carbonyl (C=O) groups is 1. The topological polar surface area (TPSA) is 59.4 Å². The van der Waals surface area contributed by atoms with E-state index < -0.39 is 0 Å². The first-order valence-corrected chi connectivity index (χ1v) is 9.61. The van der Waals surface area contributed by atoms with E-state index in [-0.39, 0.29) is 11.9 Å². The summed E-state index contributed by atoms with van der Waals surface area (Å²) in [6.07, 6.45) is 0. The minimum Gasteiger partial charge on any atom is -0.497 e. The molecule has 0 spiro atoms. The van der Waals surface area contributed by atoms with Crippen LogP contribution >= 0.6 is 0 Å². The maximum absolute atomic E-state index is 12.7. The van der Waals surface area contributed by atoms with Gasteiger partial charge in [-0.15, -0.1) is 0 Å². The highest BCUT2D eigenvalue weighted by molar-refractivity contribution is 5.94. The first kappa shape index (κ1) is 20.6. The number of methoxy groups -OCH3 is 1. The van der Waals surface area contributed by atoms with Crippen molar-refractivity contribution >= 4 is 5.91 Å². The highest BCUT2D eigenvalue weighted by atomic mass is 16.5. The fraction of sp³-hybridized carbons (Fsp3) is 0.304. The van der Waals surface area contributed by atoms with E-state index in [4.69, 9.17) is 4.74 Å². The van der Waals surface area contributed by atoms with Gasteiger partial charge in [0.05, 0.1) is 24.5 Å². The number of hydrogen-bond acceptors (Lipinski definition) is 4. The average Bonchev–Trinajstić information content (AvgIpc) is 3.06. The summed E-state index contributed by atoms with van der Waals surface area (Å²) in [5.74, 6) is 0.708. The average molecular weight is 393 g/mol. The van der Waals surface area contributed by atoms with Crippen molar-refractivity contribution < 1.29 is 9.53 Å². The highest BCUT2D eigenvalue weighted by Gasteiger charge is 2.17. The van der Waals surface area contributed by atoms with E-state index in [2.05, 4.69) is 15.3 Å². The number of aryl methyl sites for hydroxylation is 2. The van der Waals surface area contributed by atoms with Gasteiger partial charge in [0.2, 0.25) is 0 Å². The van der Waals surface area contributed by atoms with E-state index in [1.165, 1.54) is 0 Å². The summed E-state index contributed by atoms with van der Waals surface area (Å²) in [5, 5.41) is 7.53. The van der Waals surface area contributed by atoms with Gasteiger partial charge in [0, 0.05) is 17.8 Å². The van der Waals surface area contributed by atoms with Crippen LogP contribution in [-0.4, -0.2) is 48.3 Å².